The lowest BCUT2D eigenvalue weighted by atomic mass is 10.3. The molecule has 1 aliphatic rings. The number of halogens is 1. The van der Waals surface area contributed by atoms with Gasteiger partial charge in [-0.3, -0.25) is 4.90 Å². The van der Waals surface area contributed by atoms with Crippen LogP contribution < -0.4 is 0 Å². The highest BCUT2D eigenvalue weighted by atomic mass is 35.5. The van der Waals surface area contributed by atoms with Crippen molar-refractivity contribution in [1.29, 1.82) is 0 Å². The molecule has 1 saturated heterocycles. The van der Waals surface area contributed by atoms with Gasteiger partial charge in [0.25, 0.3) is 0 Å². The molecule has 0 radical (unpaired) electrons. The first kappa shape index (κ1) is 7.70. The van der Waals surface area contributed by atoms with E-state index in [1.54, 1.807) is 0 Å². The third-order valence-corrected chi connectivity index (χ3v) is 3.04. The number of rotatable bonds is 2. The van der Waals surface area contributed by atoms with Gasteiger partial charge in [0.1, 0.15) is 5.50 Å². The second-order valence-electron chi connectivity index (χ2n) is 2.49. The molecule has 54 valence electrons. The lowest BCUT2D eigenvalue weighted by Crippen LogP contribution is -2.14. The first-order valence-corrected chi connectivity index (χ1v) is 4.23. The van der Waals surface area contributed by atoms with Crippen molar-refractivity contribution in [3.8, 4) is 0 Å². The normalized spacial score (nSPS) is 44.7. The maximum atomic E-state index is 5.83. The fourth-order valence-corrected chi connectivity index (χ4v) is 1.83. The number of hydrogen-bond donors (Lipinski definition) is 1. The van der Waals surface area contributed by atoms with E-state index < -0.39 is 0 Å². The van der Waals surface area contributed by atoms with Gasteiger partial charge in [0, 0.05) is 6.04 Å². The highest BCUT2D eigenvalue weighted by Crippen LogP contribution is 2.37. The second kappa shape index (κ2) is 2.69. The van der Waals surface area contributed by atoms with E-state index in [2.05, 4.69) is 31.4 Å². The van der Waals surface area contributed by atoms with Crippen LogP contribution in [0.15, 0.2) is 0 Å². The van der Waals surface area contributed by atoms with Crippen LogP contribution in [0.3, 0.4) is 0 Å². The zero-order valence-electron chi connectivity index (χ0n) is 5.71. The molecule has 0 aromatic rings. The van der Waals surface area contributed by atoms with Gasteiger partial charge in [-0.05, 0) is 13.3 Å². The summed E-state index contributed by atoms with van der Waals surface area (Å²) in [5.41, 5.74) is 0.184. The Labute approximate surface area is 66.8 Å². The molecule has 3 heteroatoms. The molecule has 0 aliphatic carbocycles. The number of thiol groups is 1. The summed E-state index contributed by atoms with van der Waals surface area (Å²) in [4.78, 5) is 2.19. The van der Waals surface area contributed by atoms with Gasteiger partial charge in [0.15, 0.2) is 0 Å². The van der Waals surface area contributed by atoms with E-state index in [1.165, 1.54) is 0 Å². The van der Waals surface area contributed by atoms with Crippen molar-refractivity contribution in [3.05, 3.63) is 0 Å². The van der Waals surface area contributed by atoms with Gasteiger partial charge in [-0.15, -0.1) is 11.6 Å². The van der Waals surface area contributed by atoms with Crippen LogP contribution in [-0.2, 0) is 0 Å². The Balaban J connectivity index is 2.31. The molecule has 0 aromatic heterocycles. The molecule has 4 atom stereocenters. The molecule has 0 amide bonds. The van der Waals surface area contributed by atoms with Crippen molar-refractivity contribution in [2.75, 3.05) is 0 Å². The highest BCUT2D eigenvalue weighted by molar-refractivity contribution is 7.81. The molecule has 9 heavy (non-hydrogen) atoms. The summed E-state index contributed by atoms with van der Waals surface area (Å²) in [6.07, 6.45) is 1.15. The van der Waals surface area contributed by atoms with Gasteiger partial charge in [-0.25, -0.2) is 0 Å². The standard InChI is InChI=1S/C6H12ClNS/c1-3-4(2)8-5(7)6(8)9/h4-6,9H,3H2,1-2H3. The largest absolute Gasteiger partial charge is 0.268 e. The van der Waals surface area contributed by atoms with E-state index in [4.69, 9.17) is 11.6 Å². The van der Waals surface area contributed by atoms with Crippen LogP contribution >= 0.6 is 24.2 Å². The predicted molar refractivity (Wildman–Crippen MR) is 44.0 cm³/mol. The summed E-state index contributed by atoms with van der Waals surface area (Å²) >= 11 is 10.1. The minimum absolute atomic E-state index is 0.184. The van der Waals surface area contributed by atoms with Crippen LogP contribution in [0.4, 0.5) is 0 Å². The third-order valence-electron chi connectivity index (χ3n) is 1.85. The van der Waals surface area contributed by atoms with Gasteiger partial charge >= 0.3 is 0 Å². The quantitative estimate of drug-likeness (QED) is 0.283. The molecule has 1 fully saturated rings. The van der Waals surface area contributed by atoms with Crippen molar-refractivity contribution in [1.82, 2.24) is 4.90 Å². The lowest BCUT2D eigenvalue weighted by molar-refractivity contribution is 0.402. The molecule has 1 nitrogen and oxygen atoms in total. The Bertz CT molecular complexity index is 101. The Kier molecular flexibility index (Phi) is 2.30. The molecule has 0 saturated carbocycles. The zero-order chi connectivity index (χ0) is 7.02. The molecular weight excluding hydrogens is 154 g/mol. The Morgan fingerprint density at radius 2 is 2.22 bits per heavy atom. The zero-order valence-corrected chi connectivity index (χ0v) is 7.36. The van der Waals surface area contributed by atoms with Crippen LogP contribution in [0.2, 0.25) is 0 Å². The SMILES string of the molecule is CCC(C)N1C(S)C1Cl. The summed E-state index contributed by atoms with van der Waals surface area (Å²) in [5.74, 6) is 0. The van der Waals surface area contributed by atoms with Crippen LogP contribution in [0.5, 0.6) is 0 Å². The Morgan fingerprint density at radius 3 is 2.33 bits per heavy atom. The average molecular weight is 166 g/mol. The summed E-state index contributed by atoms with van der Waals surface area (Å²) in [5, 5.41) is 0.307. The van der Waals surface area contributed by atoms with E-state index in [0.717, 1.165) is 6.42 Å². The fourth-order valence-electron chi connectivity index (χ4n) is 0.920. The van der Waals surface area contributed by atoms with E-state index in [9.17, 15) is 0 Å². The first-order chi connectivity index (χ1) is 4.18. The van der Waals surface area contributed by atoms with Gasteiger partial charge in [-0.2, -0.15) is 12.6 Å². The molecule has 0 aromatic carbocycles. The molecular formula is C6H12ClNS. The molecule has 1 rings (SSSR count). The van der Waals surface area contributed by atoms with Crippen molar-refractivity contribution in [2.45, 2.75) is 37.2 Å². The summed E-state index contributed by atoms with van der Waals surface area (Å²) in [7, 11) is 0. The Hall–Kier alpha value is 0.600. The highest BCUT2D eigenvalue weighted by Gasteiger charge is 2.45. The third kappa shape index (κ3) is 1.36. The summed E-state index contributed by atoms with van der Waals surface area (Å²) in [6, 6.07) is 0.593. The molecule has 1 aliphatic heterocycles. The smallest absolute Gasteiger partial charge is 0.111 e. The van der Waals surface area contributed by atoms with Crippen LogP contribution in [0, 0.1) is 0 Å². The van der Waals surface area contributed by atoms with Crippen molar-refractivity contribution >= 4 is 24.2 Å². The first-order valence-electron chi connectivity index (χ1n) is 3.28. The topological polar surface area (TPSA) is 3.01 Å². The molecule has 0 bridgehead atoms. The van der Waals surface area contributed by atoms with Crippen LogP contribution in [-0.4, -0.2) is 21.8 Å². The second-order valence-corrected chi connectivity index (χ2v) is 3.47. The Morgan fingerprint density at radius 1 is 1.78 bits per heavy atom. The summed E-state index contributed by atoms with van der Waals surface area (Å²) in [6.45, 7) is 4.33. The molecule has 0 spiro atoms. The number of alkyl halides is 1. The van der Waals surface area contributed by atoms with Crippen molar-refractivity contribution in [3.63, 3.8) is 0 Å². The van der Waals surface area contributed by atoms with E-state index >= 15 is 0 Å². The maximum Gasteiger partial charge on any atom is 0.111 e. The monoisotopic (exact) mass is 165 g/mol. The minimum Gasteiger partial charge on any atom is -0.268 e. The van der Waals surface area contributed by atoms with E-state index in [1.807, 2.05) is 0 Å². The van der Waals surface area contributed by atoms with Crippen LogP contribution in [0.1, 0.15) is 20.3 Å². The van der Waals surface area contributed by atoms with Gasteiger partial charge in [0.2, 0.25) is 0 Å². The van der Waals surface area contributed by atoms with Gasteiger partial charge in [-0.1, -0.05) is 6.92 Å². The van der Waals surface area contributed by atoms with Crippen LogP contribution in [0.25, 0.3) is 0 Å². The fraction of sp³-hybridized carbons (Fsp3) is 1.00. The molecule has 0 N–H and O–H groups in total. The van der Waals surface area contributed by atoms with Gasteiger partial charge in [0.05, 0.1) is 5.37 Å². The number of nitrogens with zero attached hydrogens (tertiary/aromatic N) is 1. The summed E-state index contributed by atoms with van der Waals surface area (Å²) < 4.78 is 0. The van der Waals surface area contributed by atoms with E-state index in [-0.39, 0.29) is 5.50 Å². The van der Waals surface area contributed by atoms with Gasteiger partial charge < -0.3 is 0 Å². The minimum atomic E-state index is 0.184. The van der Waals surface area contributed by atoms with Crippen molar-refractivity contribution < 1.29 is 0 Å². The van der Waals surface area contributed by atoms with E-state index in [0.29, 0.717) is 11.4 Å². The molecule has 1 heterocycles. The maximum absolute atomic E-state index is 5.83. The number of hydrogen-bond acceptors (Lipinski definition) is 2. The average Bonchev–Trinajstić information content (AvgIpc) is 2.40. The predicted octanol–water partition coefficient (Wildman–Crippen LogP) is 1.92. The molecule has 4 unspecified atom stereocenters. The lowest BCUT2D eigenvalue weighted by Gasteiger charge is -2.08. The van der Waals surface area contributed by atoms with Crippen molar-refractivity contribution in [2.24, 2.45) is 0 Å².